The Morgan fingerprint density at radius 1 is 1.33 bits per heavy atom. The number of nitrogens with one attached hydrogen (secondary N) is 1. The molecule has 0 radical (unpaired) electrons. The minimum atomic E-state index is 0.639. The van der Waals surface area contributed by atoms with Gasteiger partial charge in [-0.2, -0.15) is 0 Å². The number of nitrogens with zero attached hydrogens (tertiary/aromatic N) is 3. The Morgan fingerprint density at radius 2 is 2.22 bits per heavy atom. The third-order valence-electron chi connectivity index (χ3n) is 3.05. The van der Waals surface area contributed by atoms with Crippen LogP contribution in [0.15, 0.2) is 21.9 Å². The maximum absolute atomic E-state index is 5.66. The van der Waals surface area contributed by atoms with Crippen molar-refractivity contribution in [1.29, 1.82) is 0 Å². The summed E-state index contributed by atoms with van der Waals surface area (Å²) in [5.41, 5.74) is 0. The van der Waals surface area contributed by atoms with Crippen LogP contribution in [0.3, 0.4) is 0 Å². The first kappa shape index (κ1) is 11.8. The van der Waals surface area contributed by atoms with Crippen molar-refractivity contribution < 1.29 is 4.42 Å². The summed E-state index contributed by atoms with van der Waals surface area (Å²) >= 11 is 1.62. The summed E-state index contributed by atoms with van der Waals surface area (Å²) in [5, 5.41) is 13.5. The van der Waals surface area contributed by atoms with E-state index in [1.54, 1.807) is 11.3 Å². The Bertz CT molecular complexity index is 476. The van der Waals surface area contributed by atoms with Crippen LogP contribution in [0.25, 0.3) is 10.8 Å². The van der Waals surface area contributed by atoms with E-state index in [9.17, 15) is 0 Å². The van der Waals surface area contributed by atoms with Gasteiger partial charge in [0, 0.05) is 39.1 Å². The van der Waals surface area contributed by atoms with Gasteiger partial charge in [0.25, 0.3) is 5.89 Å². The maximum atomic E-state index is 5.66. The molecule has 0 aromatic carbocycles. The second kappa shape index (κ2) is 5.60. The molecule has 5 nitrogen and oxygen atoms in total. The van der Waals surface area contributed by atoms with Gasteiger partial charge in [-0.25, -0.2) is 0 Å². The molecule has 2 aromatic heterocycles. The van der Waals surface area contributed by atoms with Crippen molar-refractivity contribution in [2.45, 2.75) is 6.42 Å². The molecule has 2 aromatic rings. The van der Waals surface area contributed by atoms with E-state index < -0.39 is 0 Å². The monoisotopic (exact) mass is 264 g/mol. The topological polar surface area (TPSA) is 54.2 Å². The highest BCUT2D eigenvalue weighted by atomic mass is 32.1. The van der Waals surface area contributed by atoms with Crippen LogP contribution in [0.2, 0.25) is 0 Å². The fraction of sp³-hybridized carbons (Fsp3) is 0.500. The van der Waals surface area contributed by atoms with Crippen LogP contribution in [-0.2, 0) is 6.42 Å². The molecule has 3 rings (SSSR count). The zero-order chi connectivity index (χ0) is 12.2. The van der Waals surface area contributed by atoms with Crippen molar-refractivity contribution in [3.63, 3.8) is 0 Å². The number of aromatic nitrogens is 2. The van der Waals surface area contributed by atoms with Gasteiger partial charge in [-0.15, -0.1) is 21.5 Å². The molecule has 1 fully saturated rings. The zero-order valence-electron chi connectivity index (χ0n) is 10.1. The molecular formula is C12H16N4OS. The van der Waals surface area contributed by atoms with Gasteiger partial charge in [-0.05, 0) is 11.4 Å². The van der Waals surface area contributed by atoms with Gasteiger partial charge in [-0.1, -0.05) is 6.07 Å². The van der Waals surface area contributed by atoms with E-state index in [1.807, 2.05) is 17.5 Å². The van der Waals surface area contributed by atoms with Crippen molar-refractivity contribution in [2.24, 2.45) is 0 Å². The van der Waals surface area contributed by atoms with Crippen LogP contribution in [0.1, 0.15) is 5.89 Å². The highest BCUT2D eigenvalue weighted by Gasteiger charge is 2.13. The molecule has 0 aliphatic carbocycles. The lowest BCUT2D eigenvalue weighted by Crippen LogP contribution is -2.44. The Kier molecular flexibility index (Phi) is 3.68. The molecule has 1 saturated heterocycles. The van der Waals surface area contributed by atoms with E-state index in [2.05, 4.69) is 20.4 Å². The standard InChI is InChI=1S/C12H16N4OS/c1-2-10(18-9-1)12-15-14-11(17-12)3-6-16-7-4-13-5-8-16/h1-2,9,13H,3-8H2. The van der Waals surface area contributed by atoms with Crippen LogP contribution < -0.4 is 5.32 Å². The molecule has 0 bridgehead atoms. The predicted molar refractivity (Wildman–Crippen MR) is 70.6 cm³/mol. The van der Waals surface area contributed by atoms with Crippen molar-refractivity contribution in [1.82, 2.24) is 20.4 Å². The predicted octanol–water partition coefficient (Wildman–Crippen LogP) is 1.25. The largest absolute Gasteiger partial charge is 0.420 e. The highest BCUT2D eigenvalue weighted by Crippen LogP contribution is 2.22. The fourth-order valence-corrected chi connectivity index (χ4v) is 2.69. The molecule has 1 N–H and O–H groups in total. The van der Waals surface area contributed by atoms with Crippen molar-refractivity contribution in [3.8, 4) is 10.8 Å². The quantitative estimate of drug-likeness (QED) is 0.900. The summed E-state index contributed by atoms with van der Waals surface area (Å²) in [5.74, 6) is 1.37. The molecule has 18 heavy (non-hydrogen) atoms. The first-order valence-corrected chi connectivity index (χ1v) is 7.09. The lowest BCUT2D eigenvalue weighted by atomic mass is 10.3. The average Bonchev–Trinajstić information content (AvgIpc) is 3.08. The summed E-state index contributed by atoms with van der Waals surface area (Å²) < 4.78 is 5.66. The van der Waals surface area contributed by atoms with Crippen molar-refractivity contribution in [2.75, 3.05) is 32.7 Å². The third kappa shape index (κ3) is 2.77. The molecule has 0 spiro atoms. The lowest BCUT2D eigenvalue weighted by molar-refractivity contribution is 0.238. The van der Waals surface area contributed by atoms with E-state index in [0.29, 0.717) is 5.89 Å². The molecule has 1 aliphatic heterocycles. The van der Waals surface area contributed by atoms with E-state index in [0.717, 1.165) is 49.9 Å². The Morgan fingerprint density at radius 3 is 3.00 bits per heavy atom. The maximum Gasteiger partial charge on any atom is 0.257 e. The number of rotatable bonds is 4. The van der Waals surface area contributed by atoms with E-state index in [1.165, 1.54) is 0 Å². The van der Waals surface area contributed by atoms with Crippen LogP contribution in [-0.4, -0.2) is 47.8 Å². The summed E-state index contributed by atoms with van der Waals surface area (Å²) in [4.78, 5) is 3.46. The lowest BCUT2D eigenvalue weighted by Gasteiger charge is -2.26. The number of hydrogen-bond donors (Lipinski definition) is 1. The molecule has 96 valence electrons. The second-order valence-electron chi connectivity index (χ2n) is 4.32. The molecular weight excluding hydrogens is 248 g/mol. The van der Waals surface area contributed by atoms with Crippen molar-refractivity contribution in [3.05, 3.63) is 23.4 Å². The average molecular weight is 264 g/mol. The first-order valence-electron chi connectivity index (χ1n) is 6.21. The van der Waals surface area contributed by atoms with Gasteiger partial charge in [-0.3, -0.25) is 0 Å². The minimum absolute atomic E-state index is 0.639. The Labute approximate surface area is 110 Å². The second-order valence-corrected chi connectivity index (χ2v) is 5.27. The molecule has 0 saturated carbocycles. The molecule has 1 aliphatic rings. The third-order valence-corrected chi connectivity index (χ3v) is 3.91. The van der Waals surface area contributed by atoms with Crippen LogP contribution >= 0.6 is 11.3 Å². The Hall–Kier alpha value is -1.24. The van der Waals surface area contributed by atoms with Gasteiger partial charge >= 0.3 is 0 Å². The molecule has 0 amide bonds. The number of thiophene rings is 1. The van der Waals surface area contributed by atoms with Gasteiger partial charge in [0.1, 0.15) is 0 Å². The molecule has 3 heterocycles. The summed E-state index contributed by atoms with van der Waals surface area (Å²) in [7, 11) is 0. The molecule has 0 unspecified atom stereocenters. The van der Waals surface area contributed by atoms with Crippen molar-refractivity contribution >= 4 is 11.3 Å². The zero-order valence-corrected chi connectivity index (χ0v) is 10.9. The van der Waals surface area contributed by atoms with Gasteiger partial charge in [0.2, 0.25) is 5.89 Å². The fourth-order valence-electron chi connectivity index (χ4n) is 2.04. The molecule has 0 atom stereocenters. The van der Waals surface area contributed by atoms with Gasteiger partial charge in [0.15, 0.2) is 0 Å². The van der Waals surface area contributed by atoms with E-state index in [4.69, 9.17) is 4.42 Å². The normalized spacial score (nSPS) is 17.1. The highest BCUT2D eigenvalue weighted by molar-refractivity contribution is 7.13. The van der Waals surface area contributed by atoms with Gasteiger partial charge in [0.05, 0.1) is 4.88 Å². The summed E-state index contributed by atoms with van der Waals surface area (Å²) in [6.07, 6.45) is 0.832. The SMILES string of the molecule is c1csc(-c2nnc(CCN3CCNCC3)o2)c1. The minimum Gasteiger partial charge on any atom is -0.420 e. The smallest absolute Gasteiger partial charge is 0.257 e. The van der Waals surface area contributed by atoms with E-state index in [-0.39, 0.29) is 0 Å². The summed E-state index contributed by atoms with van der Waals surface area (Å²) in [6.45, 7) is 5.35. The summed E-state index contributed by atoms with van der Waals surface area (Å²) in [6, 6.07) is 3.99. The van der Waals surface area contributed by atoms with Crippen LogP contribution in [0.4, 0.5) is 0 Å². The molecule has 6 heteroatoms. The Balaban J connectivity index is 1.57. The van der Waals surface area contributed by atoms with Gasteiger partial charge < -0.3 is 14.6 Å². The first-order chi connectivity index (χ1) is 8.92. The van der Waals surface area contributed by atoms with E-state index >= 15 is 0 Å². The van der Waals surface area contributed by atoms with Crippen LogP contribution in [0, 0.1) is 0 Å². The number of piperazine rings is 1. The van der Waals surface area contributed by atoms with Crippen LogP contribution in [0.5, 0.6) is 0 Å². The number of hydrogen-bond acceptors (Lipinski definition) is 6.